The van der Waals surface area contributed by atoms with Crippen molar-refractivity contribution in [3.8, 4) is 0 Å². The largest absolute Gasteiger partial charge is 0.383 e. The Morgan fingerprint density at radius 2 is 1.15 bits per heavy atom. The van der Waals surface area contributed by atoms with Gasteiger partial charge in [0.2, 0.25) is 7.29 Å². The van der Waals surface area contributed by atoms with Crippen molar-refractivity contribution >= 4 is 23.7 Å². The van der Waals surface area contributed by atoms with E-state index in [0.717, 1.165) is 5.56 Å². The van der Waals surface area contributed by atoms with E-state index in [1.165, 1.54) is 0 Å². The van der Waals surface area contributed by atoms with Crippen LogP contribution in [-0.4, -0.2) is 23.0 Å². The monoisotopic (exact) mass is 469 g/mol. The summed E-state index contributed by atoms with van der Waals surface area (Å²) in [5.41, 5.74) is 1.51. The maximum Gasteiger partial charge on any atom is 0.204 e. The molecule has 2 N–H and O–H groups in total. The van der Waals surface area contributed by atoms with Crippen molar-refractivity contribution in [2.45, 2.75) is 25.0 Å². The van der Waals surface area contributed by atoms with Crippen molar-refractivity contribution < 1.29 is 14.5 Å². The molecule has 34 heavy (non-hydrogen) atoms. The highest BCUT2D eigenvalue weighted by atomic mass is 31.2. The molecule has 4 rings (SSSR count). The molecule has 4 aromatic carbocycles. The van der Waals surface area contributed by atoms with Gasteiger partial charge in [-0.15, -0.1) is 0 Å². The molecule has 0 aromatic heterocycles. The second-order valence-electron chi connectivity index (χ2n) is 8.22. The number of aliphatic hydroxyl groups is 1. The van der Waals surface area contributed by atoms with Crippen LogP contribution >= 0.6 is 7.29 Å². The average Bonchev–Trinajstić information content (AvgIpc) is 2.92. The Kier molecular flexibility index (Phi) is 7.87. The van der Waals surface area contributed by atoms with E-state index in [1.54, 1.807) is 24.3 Å². The summed E-state index contributed by atoms with van der Waals surface area (Å²) in [6, 6.07) is 36.3. The lowest BCUT2D eigenvalue weighted by Gasteiger charge is -2.29. The molecule has 0 aliphatic rings. The van der Waals surface area contributed by atoms with Gasteiger partial charge in [0.25, 0.3) is 0 Å². The van der Waals surface area contributed by atoms with E-state index in [2.05, 4.69) is 5.09 Å². The Morgan fingerprint density at radius 3 is 1.65 bits per heavy atom. The number of nitrogens with one attached hydrogen (secondary N) is 1. The van der Waals surface area contributed by atoms with Crippen LogP contribution in [0, 0.1) is 0 Å². The number of benzene rings is 4. The van der Waals surface area contributed by atoms with E-state index in [1.807, 2.05) is 97.1 Å². The first kappa shape index (κ1) is 23.8. The fourth-order valence-corrected chi connectivity index (χ4v) is 6.54. The Balaban J connectivity index is 1.70. The van der Waals surface area contributed by atoms with Crippen molar-refractivity contribution in [2.75, 3.05) is 0 Å². The Hall–Kier alpha value is -3.30. The molecule has 0 aliphatic heterocycles. The topological polar surface area (TPSA) is 66.4 Å². The lowest BCUT2D eigenvalue weighted by Crippen LogP contribution is -2.46. The molecule has 0 unspecified atom stereocenters. The zero-order chi connectivity index (χ0) is 23.8. The van der Waals surface area contributed by atoms with Crippen LogP contribution in [0.1, 0.15) is 22.3 Å². The average molecular weight is 470 g/mol. The van der Waals surface area contributed by atoms with Gasteiger partial charge in [0.05, 0.1) is 0 Å². The maximum absolute atomic E-state index is 14.6. The normalized spacial score (nSPS) is 13.2. The van der Waals surface area contributed by atoms with Gasteiger partial charge in [-0.2, -0.15) is 0 Å². The lowest BCUT2D eigenvalue weighted by molar-refractivity contribution is 0.0672. The summed E-state index contributed by atoms with van der Waals surface area (Å²) in [4.78, 5) is 13.2. The first-order valence-corrected chi connectivity index (χ1v) is 13.1. The molecule has 5 heteroatoms. The molecule has 172 valence electrons. The van der Waals surface area contributed by atoms with Gasteiger partial charge in [-0.1, -0.05) is 97.1 Å². The van der Waals surface area contributed by atoms with Gasteiger partial charge in [0.15, 0.2) is 5.78 Å². The van der Waals surface area contributed by atoms with Crippen molar-refractivity contribution in [1.29, 1.82) is 0 Å². The van der Waals surface area contributed by atoms with E-state index in [-0.39, 0.29) is 5.78 Å². The Bertz CT molecular complexity index is 1190. The number of hydrogen-bond acceptors (Lipinski definition) is 3. The fraction of sp³-hybridized carbons (Fsp3) is 0.138. The van der Waals surface area contributed by atoms with Crippen LogP contribution in [-0.2, 0) is 11.0 Å². The van der Waals surface area contributed by atoms with Gasteiger partial charge in [0.1, 0.15) is 6.10 Å². The summed E-state index contributed by atoms with van der Waals surface area (Å²) in [6.07, 6.45) is -0.291. The SMILES string of the molecule is O=C(c1ccccc1)[C@@H](O)[C@H](CCc1ccccc1)NP(=O)(c1ccccc1)c1ccccc1. The van der Waals surface area contributed by atoms with Crippen LogP contribution in [0.3, 0.4) is 0 Å². The second kappa shape index (κ2) is 11.2. The van der Waals surface area contributed by atoms with E-state index in [9.17, 15) is 14.5 Å². The molecule has 0 aliphatic carbocycles. The third-order valence-corrected chi connectivity index (χ3v) is 8.63. The number of rotatable bonds is 10. The third-order valence-electron chi connectivity index (χ3n) is 5.88. The van der Waals surface area contributed by atoms with Gasteiger partial charge in [-0.25, -0.2) is 0 Å². The van der Waals surface area contributed by atoms with Crippen molar-refractivity contribution in [3.63, 3.8) is 0 Å². The number of hydrogen-bond donors (Lipinski definition) is 2. The van der Waals surface area contributed by atoms with Gasteiger partial charge < -0.3 is 5.11 Å². The van der Waals surface area contributed by atoms with E-state index < -0.39 is 19.4 Å². The standard InChI is InChI=1S/C29H28NO3P/c31-28(24-15-7-2-8-16-24)29(32)27(22-21-23-13-5-1-6-14-23)30-34(33,25-17-9-3-10-18-25)26-19-11-4-12-20-26/h1-20,27,29,32H,21-22H2,(H,30,33)/t27-,29-/m0/s1. The van der Waals surface area contributed by atoms with Gasteiger partial charge in [-0.3, -0.25) is 14.4 Å². The van der Waals surface area contributed by atoms with Crippen LogP contribution in [0.2, 0.25) is 0 Å². The first-order chi connectivity index (χ1) is 16.6. The van der Waals surface area contributed by atoms with Crippen LogP contribution < -0.4 is 15.7 Å². The molecule has 0 spiro atoms. The summed E-state index contributed by atoms with van der Waals surface area (Å²) in [6.45, 7) is 0. The predicted octanol–water partition coefficient (Wildman–Crippen LogP) is 4.75. The number of carbonyl (C=O) groups excluding carboxylic acids is 1. The minimum Gasteiger partial charge on any atom is -0.383 e. The van der Waals surface area contributed by atoms with E-state index >= 15 is 0 Å². The molecule has 4 nitrogen and oxygen atoms in total. The Morgan fingerprint density at radius 1 is 0.706 bits per heavy atom. The highest BCUT2D eigenvalue weighted by Crippen LogP contribution is 2.40. The smallest absolute Gasteiger partial charge is 0.204 e. The molecule has 0 radical (unpaired) electrons. The predicted molar refractivity (Wildman–Crippen MR) is 138 cm³/mol. The zero-order valence-electron chi connectivity index (χ0n) is 18.8. The number of carbonyl (C=O) groups is 1. The van der Waals surface area contributed by atoms with Gasteiger partial charge in [-0.05, 0) is 42.7 Å². The molecule has 0 amide bonds. The van der Waals surface area contributed by atoms with Crippen molar-refractivity contribution in [3.05, 3.63) is 132 Å². The molecule has 0 saturated heterocycles. The van der Waals surface area contributed by atoms with Crippen LogP contribution in [0.25, 0.3) is 0 Å². The summed E-state index contributed by atoms with van der Waals surface area (Å²) in [7, 11) is -3.35. The number of Topliss-reactive ketones (excluding diaryl/α,β-unsaturated/α-hetero) is 1. The van der Waals surface area contributed by atoms with Crippen molar-refractivity contribution in [2.24, 2.45) is 0 Å². The molecule has 0 fully saturated rings. The minimum absolute atomic E-state index is 0.390. The van der Waals surface area contributed by atoms with Crippen LogP contribution in [0.4, 0.5) is 0 Å². The highest BCUT2D eigenvalue weighted by molar-refractivity contribution is 7.76. The quantitative estimate of drug-likeness (QED) is 0.260. The minimum atomic E-state index is -3.35. The lowest BCUT2D eigenvalue weighted by atomic mass is 9.96. The number of aryl methyl sites for hydroxylation is 1. The molecule has 0 bridgehead atoms. The first-order valence-electron chi connectivity index (χ1n) is 11.4. The molecular formula is C29H28NO3P. The fourth-order valence-electron chi connectivity index (χ4n) is 4.02. The van der Waals surface area contributed by atoms with E-state index in [0.29, 0.717) is 29.0 Å². The third kappa shape index (κ3) is 5.60. The van der Waals surface area contributed by atoms with Crippen LogP contribution in [0.15, 0.2) is 121 Å². The number of ketones is 1. The highest BCUT2D eigenvalue weighted by Gasteiger charge is 2.35. The number of aliphatic hydroxyl groups excluding tert-OH is 1. The Labute approximate surface area is 200 Å². The molecule has 2 atom stereocenters. The molecular weight excluding hydrogens is 441 g/mol. The summed E-state index contributed by atoms with van der Waals surface area (Å²) in [5.74, 6) is -0.390. The summed E-state index contributed by atoms with van der Waals surface area (Å²) < 4.78 is 14.6. The van der Waals surface area contributed by atoms with E-state index in [4.69, 9.17) is 0 Å². The van der Waals surface area contributed by atoms with Crippen LogP contribution in [0.5, 0.6) is 0 Å². The maximum atomic E-state index is 14.6. The molecule has 0 heterocycles. The molecule has 0 saturated carbocycles. The molecule has 4 aromatic rings. The van der Waals surface area contributed by atoms with Gasteiger partial charge in [0, 0.05) is 22.2 Å². The summed E-state index contributed by atoms with van der Waals surface area (Å²) in [5, 5.41) is 15.8. The second-order valence-corrected chi connectivity index (χ2v) is 10.7. The summed E-state index contributed by atoms with van der Waals surface area (Å²) >= 11 is 0. The van der Waals surface area contributed by atoms with Gasteiger partial charge >= 0.3 is 0 Å². The zero-order valence-corrected chi connectivity index (χ0v) is 19.7. The van der Waals surface area contributed by atoms with Crippen molar-refractivity contribution in [1.82, 2.24) is 5.09 Å².